The first kappa shape index (κ1) is 14.1. The van der Waals surface area contributed by atoms with Gasteiger partial charge in [-0.1, -0.05) is 49.4 Å². The van der Waals surface area contributed by atoms with Crippen molar-refractivity contribution in [3.8, 4) is 0 Å². The molecule has 0 saturated heterocycles. The highest BCUT2D eigenvalue weighted by atomic mass is 127. The van der Waals surface area contributed by atoms with E-state index in [1.54, 1.807) is 0 Å². The van der Waals surface area contributed by atoms with Crippen LogP contribution in [0.4, 0.5) is 0 Å². The fourth-order valence-electron chi connectivity index (χ4n) is 1.89. The Kier molecular flexibility index (Phi) is 4.96. The van der Waals surface area contributed by atoms with Gasteiger partial charge in [-0.15, -0.1) is 0 Å². The number of carbonyl (C=O) groups is 1. The molecule has 0 spiro atoms. The third kappa shape index (κ3) is 3.80. The van der Waals surface area contributed by atoms with Gasteiger partial charge in [-0.2, -0.15) is 0 Å². The number of amides is 1. The van der Waals surface area contributed by atoms with Crippen molar-refractivity contribution in [2.75, 3.05) is 6.54 Å². The summed E-state index contributed by atoms with van der Waals surface area (Å²) in [5.74, 6) is 0.305. The van der Waals surface area contributed by atoms with E-state index in [1.807, 2.05) is 42.5 Å². The smallest absolute Gasteiger partial charge is 0.252 e. The van der Waals surface area contributed by atoms with Gasteiger partial charge in [0.15, 0.2) is 0 Å². The second-order valence-corrected chi connectivity index (χ2v) is 5.66. The summed E-state index contributed by atoms with van der Waals surface area (Å²) in [6.07, 6.45) is 0. The van der Waals surface area contributed by atoms with Crippen molar-refractivity contribution in [3.05, 3.63) is 69.3 Å². The van der Waals surface area contributed by atoms with E-state index >= 15 is 0 Å². The van der Waals surface area contributed by atoms with E-state index in [9.17, 15) is 4.79 Å². The number of benzene rings is 2. The molecule has 0 aliphatic heterocycles. The Morgan fingerprint density at radius 2 is 1.74 bits per heavy atom. The van der Waals surface area contributed by atoms with Crippen molar-refractivity contribution in [2.45, 2.75) is 12.8 Å². The Labute approximate surface area is 127 Å². The van der Waals surface area contributed by atoms with Crippen LogP contribution in [0.1, 0.15) is 28.8 Å². The topological polar surface area (TPSA) is 29.1 Å². The monoisotopic (exact) mass is 365 g/mol. The van der Waals surface area contributed by atoms with Crippen molar-refractivity contribution < 1.29 is 4.79 Å². The molecule has 2 aromatic carbocycles. The lowest BCUT2D eigenvalue weighted by molar-refractivity contribution is 0.0951. The van der Waals surface area contributed by atoms with Gasteiger partial charge < -0.3 is 5.32 Å². The maximum atomic E-state index is 12.1. The maximum absolute atomic E-state index is 12.1. The van der Waals surface area contributed by atoms with Crippen LogP contribution in [0.25, 0.3) is 0 Å². The highest BCUT2D eigenvalue weighted by Crippen LogP contribution is 2.14. The zero-order valence-corrected chi connectivity index (χ0v) is 12.9. The molecular formula is C16H16INO. The average Bonchev–Trinajstić information content (AvgIpc) is 2.46. The molecular weight excluding hydrogens is 349 g/mol. The average molecular weight is 365 g/mol. The van der Waals surface area contributed by atoms with Crippen LogP contribution in [0.2, 0.25) is 0 Å². The van der Waals surface area contributed by atoms with E-state index in [4.69, 9.17) is 0 Å². The van der Waals surface area contributed by atoms with Crippen LogP contribution in [-0.2, 0) is 0 Å². The van der Waals surface area contributed by atoms with Gasteiger partial charge in [-0.3, -0.25) is 4.79 Å². The maximum Gasteiger partial charge on any atom is 0.252 e. The van der Waals surface area contributed by atoms with Gasteiger partial charge in [0.25, 0.3) is 5.91 Å². The molecule has 1 unspecified atom stereocenters. The fraction of sp³-hybridized carbons (Fsp3) is 0.188. The lowest BCUT2D eigenvalue weighted by atomic mass is 10.0. The highest BCUT2D eigenvalue weighted by molar-refractivity contribution is 14.1. The number of hydrogen-bond acceptors (Lipinski definition) is 1. The second-order valence-electron chi connectivity index (χ2n) is 4.50. The molecule has 1 amide bonds. The Hall–Kier alpha value is -1.36. The number of rotatable bonds is 4. The molecule has 3 heteroatoms. The van der Waals surface area contributed by atoms with Crippen molar-refractivity contribution in [3.63, 3.8) is 0 Å². The summed E-state index contributed by atoms with van der Waals surface area (Å²) in [6, 6.07) is 17.8. The van der Waals surface area contributed by atoms with Crippen LogP contribution in [0.5, 0.6) is 0 Å². The van der Waals surface area contributed by atoms with Gasteiger partial charge in [0, 0.05) is 10.1 Å². The molecule has 1 N–H and O–H groups in total. The molecule has 1 atom stereocenters. The Balaban J connectivity index is 1.96. The summed E-state index contributed by atoms with van der Waals surface area (Å²) in [6.45, 7) is 2.76. The zero-order valence-electron chi connectivity index (χ0n) is 10.8. The first-order valence-corrected chi connectivity index (χ1v) is 7.34. The largest absolute Gasteiger partial charge is 0.351 e. The quantitative estimate of drug-likeness (QED) is 0.820. The zero-order chi connectivity index (χ0) is 13.7. The van der Waals surface area contributed by atoms with Gasteiger partial charge in [-0.25, -0.2) is 0 Å². The first-order chi connectivity index (χ1) is 9.18. The van der Waals surface area contributed by atoms with Gasteiger partial charge in [0.1, 0.15) is 0 Å². The molecule has 2 aromatic rings. The molecule has 0 aliphatic rings. The predicted molar refractivity (Wildman–Crippen MR) is 86.3 cm³/mol. The van der Waals surface area contributed by atoms with Gasteiger partial charge in [-0.05, 0) is 46.2 Å². The summed E-state index contributed by atoms with van der Waals surface area (Å²) in [5, 5.41) is 2.99. The van der Waals surface area contributed by atoms with E-state index < -0.39 is 0 Å². The van der Waals surface area contributed by atoms with Crippen molar-refractivity contribution in [1.82, 2.24) is 5.32 Å². The Morgan fingerprint density at radius 1 is 1.11 bits per heavy atom. The molecule has 2 rings (SSSR count). The van der Waals surface area contributed by atoms with Crippen LogP contribution in [0, 0.1) is 3.57 Å². The minimum absolute atomic E-state index is 0.00668. The summed E-state index contributed by atoms with van der Waals surface area (Å²) < 4.78 is 0.977. The van der Waals surface area contributed by atoms with E-state index in [0.29, 0.717) is 12.5 Å². The fourth-order valence-corrected chi connectivity index (χ4v) is 2.52. The SMILES string of the molecule is CC(CNC(=O)c1ccccc1I)c1ccccc1. The lowest BCUT2D eigenvalue weighted by Crippen LogP contribution is -2.28. The van der Waals surface area contributed by atoms with Crippen LogP contribution >= 0.6 is 22.6 Å². The summed E-state index contributed by atoms with van der Waals surface area (Å²) in [4.78, 5) is 12.1. The van der Waals surface area contributed by atoms with Crippen LogP contribution < -0.4 is 5.32 Å². The molecule has 0 heterocycles. The predicted octanol–water partition coefficient (Wildman–Crippen LogP) is 3.82. The molecule has 0 aromatic heterocycles. The Morgan fingerprint density at radius 3 is 2.42 bits per heavy atom. The van der Waals surface area contributed by atoms with Crippen LogP contribution in [0.3, 0.4) is 0 Å². The lowest BCUT2D eigenvalue weighted by Gasteiger charge is -2.13. The van der Waals surface area contributed by atoms with Crippen LogP contribution in [0.15, 0.2) is 54.6 Å². The van der Waals surface area contributed by atoms with E-state index in [1.165, 1.54) is 5.56 Å². The molecule has 0 saturated carbocycles. The van der Waals surface area contributed by atoms with Gasteiger partial charge in [0.2, 0.25) is 0 Å². The first-order valence-electron chi connectivity index (χ1n) is 6.26. The third-order valence-corrected chi connectivity index (χ3v) is 4.00. The minimum Gasteiger partial charge on any atom is -0.351 e. The molecule has 2 nitrogen and oxygen atoms in total. The summed E-state index contributed by atoms with van der Waals surface area (Å²) in [5.41, 5.74) is 1.98. The molecule has 19 heavy (non-hydrogen) atoms. The number of carbonyl (C=O) groups excluding carboxylic acids is 1. The highest BCUT2D eigenvalue weighted by Gasteiger charge is 2.11. The molecule has 98 valence electrons. The summed E-state index contributed by atoms with van der Waals surface area (Å²) in [7, 11) is 0. The van der Waals surface area contributed by atoms with Crippen molar-refractivity contribution in [1.29, 1.82) is 0 Å². The second kappa shape index (κ2) is 6.70. The van der Waals surface area contributed by atoms with E-state index in [2.05, 4.69) is 47.0 Å². The van der Waals surface area contributed by atoms with Gasteiger partial charge >= 0.3 is 0 Å². The van der Waals surface area contributed by atoms with Crippen molar-refractivity contribution >= 4 is 28.5 Å². The standard InChI is InChI=1S/C16H16INO/c1-12(13-7-3-2-4-8-13)11-18-16(19)14-9-5-6-10-15(14)17/h2-10,12H,11H2,1H3,(H,18,19). The summed E-state index contributed by atoms with van der Waals surface area (Å²) >= 11 is 2.18. The normalized spacial score (nSPS) is 11.9. The molecule has 0 aliphatic carbocycles. The van der Waals surface area contributed by atoms with Gasteiger partial charge in [0.05, 0.1) is 5.56 Å². The number of halogens is 1. The van der Waals surface area contributed by atoms with E-state index in [0.717, 1.165) is 9.13 Å². The number of hydrogen-bond donors (Lipinski definition) is 1. The van der Waals surface area contributed by atoms with Crippen LogP contribution in [-0.4, -0.2) is 12.5 Å². The molecule has 0 radical (unpaired) electrons. The number of nitrogens with one attached hydrogen (secondary N) is 1. The molecule has 0 fully saturated rings. The van der Waals surface area contributed by atoms with E-state index in [-0.39, 0.29) is 5.91 Å². The molecule has 0 bridgehead atoms. The Bertz CT molecular complexity index is 554. The third-order valence-electron chi connectivity index (χ3n) is 3.06. The van der Waals surface area contributed by atoms with Crippen molar-refractivity contribution in [2.24, 2.45) is 0 Å². The minimum atomic E-state index is -0.00668.